The van der Waals surface area contributed by atoms with Crippen LogP contribution in [0.25, 0.3) is 0 Å². The van der Waals surface area contributed by atoms with E-state index >= 15 is 0 Å². The van der Waals surface area contributed by atoms with Gasteiger partial charge in [-0.3, -0.25) is 0 Å². The van der Waals surface area contributed by atoms with Crippen LogP contribution in [0.1, 0.15) is 46.6 Å². The molecule has 0 unspecified atom stereocenters. The smallest absolute Gasteiger partial charge is 0.407 e. The van der Waals surface area contributed by atoms with Gasteiger partial charge in [-0.1, -0.05) is 44.2 Å². The van der Waals surface area contributed by atoms with E-state index in [1.807, 2.05) is 65.0 Å². The second kappa shape index (κ2) is 9.64. The van der Waals surface area contributed by atoms with Crippen molar-refractivity contribution in [3.05, 3.63) is 35.9 Å². The Labute approximate surface area is 145 Å². The quantitative estimate of drug-likeness (QED) is 0.762. The molecular formula is C19H31NO4. The Morgan fingerprint density at radius 2 is 1.83 bits per heavy atom. The zero-order valence-corrected chi connectivity index (χ0v) is 15.4. The van der Waals surface area contributed by atoms with Crippen molar-refractivity contribution >= 4 is 6.09 Å². The number of carbonyl (C=O) groups is 1. The molecule has 0 aliphatic heterocycles. The van der Waals surface area contributed by atoms with Crippen molar-refractivity contribution in [1.29, 1.82) is 0 Å². The summed E-state index contributed by atoms with van der Waals surface area (Å²) in [5.74, 6) is 0.328. The van der Waals surface area contributed by atoms with Crippen molar-refractivity contribution in [3.63, 3.8) is 0 Å². The van der Waals surface area contributed by atoms with E-state index in [0.717, 1.165) is 5.56 Å². The van der Waals surface area contributed by atoms with Crippen LogP contribution in [0.5, 0.6) is 0 Å². The average Bonchev–Trinajstić information content (AvgIpc) is 2.45. The van der Waals surface area contributed by atoms with Crippen molar-refractivity contribution in [2.24, 2.45) is 5.92 Å². The highest BCUT2D eigenvalue weighted by atomic mass is 16.6. The first-order valence-corrected chi connectivity index (χ1v) is 8.46. The summed E-state index contributed by atoms with van der Waals surface area (Å²) in [5.41, 5.74) is 0.478. The Bertz CT molecular complexity index is 482. The number of hydrogen-bond donors (Lipinski definition) is 2. The molecule has 136 valence electrons. The molecule has 1 aromatic carbocycles. The van der Waals surface area contributed by atoms with Crippen molar-refractivity contribution in [1.82, 2.24) is 5.32 Å². The van der Waals surface area contributed by atoms with Crippen molar-refractivity contribution in [2.75, 3.05) is 6.61 Å². The molecule has 5 nitrogen and oxygen atoms in total. The van der Waals surface area contributed by atoms with E-state index < -0.39 is 23.8 Å². The first kappa shape index (κ1) is 20.5. The van der Waals surface area contributed by atoms with Gasteiger partial charge in [-0.15, -0.1) is 0 Å². The van der Waals surface area contributed by atoms with Crippen LogP contribution in [0.3, 0.4) is 0 Å². The van der Waals surface area contributed by atoms with Gasteiger partial charge >= 0.3 is 6.09 Å². The monoisotopic (exact) mass is 337 g/mol. The molecular weight excluding hydrogens is 306 g/mol. The summed E-state index contributed by atoms with van der Waals surface area (Å²) in [6.45, 7) is 10.1. The molecule has 1 amide bonds. The lowest BCUT2D eigenvalue weighted by Crippen LogP contribution is -2.47. The van der Waals surface area contributed by atoms with Crippen molar-refractivity contribution in [3.8, 4) is 0 Å². The first-order valence-electron chi connectivity index (χ1n) is 8.46. The number of rotatable bonds is 8. The molecule has 0 fully saturated rings. The maximum absolute atomic E-state index is 12.0. The van der Waals surface area contributed by atoms with E-state index in [4.69, 9.17) is 9.47 Å². The number of carbonyl (C=O) groups excluding carboxylic acids is 1. The van der Waals surface area contributed by atoms with Crippen LogP contribution in [0.2, 0.25) is 0 Å². The highest BCUT2D eigenvalue weighted by molar-refractivity contribution is 5.68. The molecule has 0 aromatic heterocycles. The van der Waals surface area contributed by atoms with Crippen LogP contribution in [0, 0.1) is 5.92 Å². The van der Waals surface area contributed by atoms with Crippen LogP contribution in [0.4, 0.5) is 4.79 Å². The predicted molar refractivity (Wildman–Crippen MR) is 94.7 cm³/mol. The van der Waals surface area contributed by atoms with Crippen LogP contribution in [0.15, 0.2) is 30.3 Å². The number of ether oxygens (including phenoxy) is 2. The number of hydrogen-bond acceptors (Lipinski definition) is 4. The lowest BCUT2D eigenvalue weighted by molar-refractivity contribution is -0.000794. The van der Waals surface area contributed by atoms with Gasteiger partial charge in [-0.25, -0.2) is 4.79 Å². The topological polar surface area (TPSA) is 67.8 Å². The van der Waals surface area contributed by atoms with Gasteiger partial charge < -0.3 is 19.9 Å². The summed E-state index contributed by atoms with van der Waals surface area (Å²) in [7, 11) is 0. The SMILES string of the molecule is CC(C)C[C@@H](NC(=O)OC(C)(C)C)[C@@H](O)COCc1ccccc1. The second-order valence-electron chi connectivity index (χ2n) is 7.45. The highest BCUT2D eigenvalue weighted by Crippen LogP contribution is 2.12. The Kier molecular flexibility index (Phi) is 8.22. The molecule has 0 saturated heterocycles. The Morgan fingerprint density at radius 1 is 1.21 bits per heavy atom. The number of aliphatic hydroxyl groups is 1. The third kappa shape index (κ3) is 8.89. The summed E-state index contributed by atoms with van der Waals surface area (Å²) < 4.78 is 10.9. The summed E-state index contributed by atoms with van der Waals surface area (Å²) in [6.07, 6.45) is -0.659. The zero-order valence-electron chi connectivity index (χ0n) is 15.4. The fourth-order valence-corrected chi connectivity index (χ4v) is 2.27. The van der Waals surface area contributed by atoms with E-state index in [0.29, 0.717) is 18.9 Å². The summed E-state index contributed by atoms with van der Waals surface area (Å²) in [5, 5.41) is 13.1. The van der Waals surface area contributed by atoms with E-state index in [1.54, 1.807) is 0 Å². The Morgan fingerprint density at radius 3 is 2.38 bits per heavy atom. The zero-order chi connectivity index (χ0) is 18.2. The lowest BCUT2D eigenvalue weighted by atomic mass is 9.99. The first-order chi connectivity index (χ1) is 11.2. The molecule has 0 saturated carbocycles. The average molecular weight is 337 g/mol. The highest BCUT2D eigenvalue weighted by Gasteiger charge is 2.25. The second-order valence-corrected chi connectivity index (χ2v) is 7.45. The molecule has 1 aromatic rings. The van der Waals surface area contributed by atoms with E-state index in [9.17, 15) is 9.90 Å². The molecule has 0 radical (unpaired) electrons. The van der Waals surface area contributed by atoms with E-state index in [1.165, 1.54) is 0 Å². The fourth-order valence-electron chi connectivity index (χ4n) is 2.27. The molecule has 5 heteroatoms. The fraction of sp³-hybridized carbons (Fsp3) is 0.632. The molecule has 0 heterocycles. The number of alkyl carbamates (subject to hydrolysis) is 1. The van der Waals surface area contributed by atoms with Gasteiger partial charge in [-0.2, -0.15) is 0 Å². The van der Waals surface area contributed by atoms with Gasteiger partial charge in [0.05, 0.1) is 25.4 Å². The van der Waals surface area contributed by atoms with Gasteiger partial charge in [0.25, 0.3) is 0 Å². The maximum atomic E-state index is 12.0. The normalized spacial score (nSPS) is 14.3. The molecule has 0 spiro atoms. The van der Waals surface area contributed by atoms with Crippen molar-refractivity contribution < 1.29 is 19.4 Å². The molecule has 2 atom stereocenters. The number of nitrogens with one attached hydrogen (secondary N) is 1. The lowest BCUT2D eigenvalue weighted by Gasteiger charge is -2.27. The number of aliphatic hydroxyl groups excluding tert-OH is 1. The molecule has 0 aliphatic carbocycles. The van der Waals surface area contributed by atoms with Crippen LogP contribution in [-0.2, 0) is 16.1 Å². The van der Waals surface area contributed by atoms with Gasteiger partial charge in [0.1, 0.15) is 5.60 Å². The molecule has 0 bridgehead atoms. The minimum Gasteiger partial charge on any atom is -0.444 e. The summed E-state index contributed by atoms with van der Waals surface area (Å²) in [4.78, 5) is 12.0. The van der Waals surface area contributed by atoms with Gasteiger partial charge in [0.2, 0.25) is 0 Å². The molecule has 1 rings (SSSR count). The van der Waals surface area contributed by atoms with Crippen LogP contribution in [-0.4, -0.2) is 35.6 Å². The Balaban J connectivity index is 2.51. The summed E-state index contributed by atoms with van der Waals surface area (Å²) >= 11 is 0. The number of amides is 1. The molecule has 0 aliphatic rings. The minimum atomic E-state index is -0.788. The van der Waals surface area contributed by atoms with Gasteiger partial charge in [0.15, 0.2) is 0 Å². The Hall–Kier alpha value is -1.59. The van der Waals surface area contributed by atoms with E-state index in [2.05, 4.69) is 5.32 Å². The van der Waals surface area contributed by atoms with Gasteiger partial charge in [0, 0.05) is 0 Å². The third-order valence-electron chi connectivity index (χ3n) is 3.29. The van der Waals surface area contributed by atoms with Crippen molar-refractivity contribution in [2.45, 2.75) is 65.4 Å². The van der Waals surface area contributed by atoms with E-state index in [-0.39, 0.29) is 6.61 Å². The van der Waals surface area contributed by atoms with Crippen LogP contribution < -0.4 is 5.32 Å². The largest absolute Gasteiger partial charge is 0.444 e. The predicted octanol–water partition coefficient (Wildman–Crippen LogP) is 3.50. The maximum Gasteiger partial charge on any atom is 0.407 e. The summed E-state index contributed by atoms with van der Waals surface area (Å²) in [6, 6.07) is 9.37. The molecule has 2 N–H and O–H groups in total. The standard InChI is InChI=1S/C19H31NO4/c1-14(2)11-16(20-18(22)24-19(3,4)5)17(21)13-23-12-15-9-7-6-8-10-15/h6-10,14,16-17,21H,11-13H2,1-5H3,(H,20,22)/t16-,17+/m1/s1. The van der Waals surface area contributed by atoms with Crippen LogP contribution >= 0.6 is 0 Å². The third-order valence-corrected chi connectivity index (χ3v) is 3.29. The molecule has 24 heavy (non-hydrogen) atoms. The number of benzene rings is 1. The minimum absolute atomic E-state index is 0.155. The van der Waals surface area contributed by atoms with Gasteiger partial charge in [-0.05, 0) is 38.7 Å².